The van der Waals surface area contributed by atoms with Crippen molar-refractivity contribution in [1.29, 1.82) is 0 Å². The Morgan fingerprint density at radius 1 is 1.00 bits per heavy atom. The summed E-state index contributed by atoms with van der Waals surface area (Å²) in [4.78, 5) is 34.6. The second-order valence-electron chi connectivity index (χ2n) is 8.38. The average molecular weight is 469 g/mol. The summed E-state index contributed by atoms with van der Waals surface area (Å²) in [7, 11) is 0. The van der Waals surface area contributed by atoms with Crippen LogP contribution in [-0.2, 0) is 11.2 Å². The number of aliphatic hydroxyl groups is 1. The lowest BCUT2D eigenvalue weighted by Crippen LogP contribution is -2.65. The SMILES string of the molecule is Cc1cccc(-c2nccc(Nc3ccnc(Cc4cccc(NC(=O)C5(O)CNC5)c4)n3)n2)n1. The van der Waals surface area contributed by atoms with Crippen LogP contribution >= 0.6 is 0 Å². The molecule has 5 rings (SSSR count). The number of hydrogen-bond acceptors (Lipinski definition) is 9. The summed E-state index contributed by atoms with van der Waals surface area (Å²) in [6.07, 6.45) is 3.82. The third-order valence-corrected chi connectivity index (χ3v) is 5.54. The van der Waals surface area contributed by atoms with E-state index in [0.717, 1.165) is 11.3 Å². The third kappa shape index (κ3) is 5.29. The van der Waals surface area contributed by atoms with Crippen molar-refractivity contribution < 1.29 is 9.90 Å². The largest absolute Gasteiger partial charge is 0.377 e. The zero-order valence-electron chi connectivity index (χ0n) is 19.1. The van der Waals surface area contributed by atoms with Gasteiger partial charge in [-0.25, -0.2) is 24.9 Å². The second kappa shape index (κ2) is 9.53. The number of nitrogens with one attached hydrogen (secondary N) is 3. The van der Waals surface area contributed by atoms with Crippen LogP contribution in [0.3, 0.4) is 0 Å². The number of benzene rings is 1. The van der Waals surface area contributed by atoms with Crippen LogP contribution in [0.1, 0.15) is 17.1 Å². The van der Waals surface area contributed by atoms with Gasteiger partial charge in [0.2, 0.25) is 0 Å². The number of aromatic nitrogens is 5. The predicted octanol–water partition coefficient (Wildman–Crippen LogP) is 2.24. The highest BCUT2D eigenvalue weighted by atomic mass is 16.3. The standard InChI is InChI=1S/C25H24N8O2/c1-16-4-2-7-19(29-16)23-28-11-9-21(33-23)31-20-8-10-27-22(32-20)13-17-5-3-6-18(12-17)30-24(34)25(35)14-26-15-25/h2-12,26,35H,13-15H2,1H3,(H,30,34)(H,27,28,31,32,33). The minimum atomic E-state index is -1.35. The van der Waals surface area contributed by atoms with Crippen LogP contribution in [0.5, 0.6) is 0 Å². The number of carbonyl (C=O) groups excluding carboxylic acids is 1. The first-order valence-corrected chi connectivity index (χ1v) is 11.2. The van der Waals surface area contributed by atoms with Gasteiger partial charge in [-0.3, -0.25) is 4.79 Å². The maximum Gasteiger partial charge on any atom is 0.259 e. The lowest BCUT2D eigenvalue weighted by Gasteiger charge is -2.35. The number of amides is 1. The number of aryl methyl sites for hydroxylation is 1. The molecule has 10 nitrogen and oxygen atoms in total. The van der Waals surface area contributed by atoms with Crippen LogP contribution in [0, 0.1) is 6.92 Å². The number of β-amino-alcohol motifs (C(OH)–C–C–N with tert-alkyl or cyclic N) is 1. The average Bonchev–Trinajstić information content (AvgIpc) is 2.83. The Bertz CT molecular complexity index is 1370. The van der Waals surface area contributed by atoms with Gasteiger partial charge >= 0.3 is 0 Å². The van der Waals surface area contributed by atoms with Crippen molar-refractivity contribution in [2.24, 2.45) is 0 Å². The fourth-order valence-corrected chi connectivity index (χ4v) is 3.62. The first-order chi connectivity index (χ1) is 17.0. The first kappa shape index (κ1) is 22.5. The molecule has 1 amide bonds. The molecule has 0 saturated carbocycles. The van der Waals surface area contributed by atoms with Gasteiger partial charge in [-0.15, -0.1) is 0 Å². The Kier molecular flexibility index (Phi) is 6.13. The number of carbonyl (C=O) groups is 1. The lowest BCUT2D eigenvalue weighted by atomic mass is 9.96. The minimum Gasteiger partial charge on any atom is -0.377 e. The van der Waals surface area contributed by atoms with Crippen LogP contribution in [0.15, 0.2) is 67.0 Å². The predicted molar refractivity (Wildman–Crippen MR) is 131 cm³/mol. The van der Waals surface area contributed by atoms with Gasteiger partial charge < -0.3 is 21.1 Å². The summed E-state index contributed by atoms with van der Waals surface area (Å²) < 4.78 is 0. The topological polar surface area (TPSA) is 138 Å². The molecule has 3 aromatic heterocycles. The first-order valence-electron chi connectivity index (χ1n) is 11.2. The highest BCUT2D eigenvalue weighted by Crippen LogP contribution is 2.19. The molecular formula is C25H24N8O2. The Labute approximate surface area is 201 Å². The van der Waals surface area contributed by atoms with Crippen molar-refractivity contribution in [2.45, 2.75) is 18.9 Å². The van der Waals surface area contributed by atoms with Crippen molar-refractivity contribution in [3.63, 3.8) is 0 Å². The molecular weight excluding hydrogens is 444 g/mol. The number of pyridine rings is 1. The van der Waals surface area contributed by atoms with E-state index in [-0.39, 0.29) is 13.1 Å². The van der Waals surface area contributed by atoms with Crippen LogP contribution in [-0.4, -0.2) is 54.6 Å². The monoisotopic (exact) mass is 468 g/mol. The van der Waals surface area contributed by atoms with E-state index >= 15 is 0 Å². The second-order valence-corrected chi connectivity index (χ2v) is 8.38. The molecule has 0 atom stereocenters. The van der Waals surface area contributed by atoms with Crippen molar-refractivity contribution >= 4 is 23.2 Å². The normalized spacial score (nSPS) is 14.1. The smallest absolute Gasteiger partial charge is 0.259 e. The maximum atomic E-state index is 12.3. The van der Waals surface area contributed by atoms with Gasteiger partial charge in [-0.1, -0.05) is 18.2 Å². The molecule has 1 aliphatic rings. The minimum absolute atomic E-state index is 0.251. The van der Waals surface area contributed by atoms with E-state index in [4.69, 9.17) is 0 Å². The van der Waals surface area contributed by atoms with Gasteiger partial charge in [-0.05, 0) is 48.9 Å². The zero-order valence-corrected chi connectivity index (χ0v) is 19.1. The van der Waals surface area contributed by atoms with E-state index < -0.39 is 11.5 Å². The third-order valence-electron chi connectivity index (χ3n) is 5.54. The zero-order chi connectivity index (χ0) is 24.3. The Morgan fingerprint density at radius 3 is 2.54 bits per heavy atom. The summed E-state index contributed by atoms with van der Waals surface area (Å²) in [6, 6.07) is 16.7. The van der Waals surface area contributed by atoms with E-state index in [9.17, 15) is 9.90 Å². The molecule has 1 fully saturated rings. The molecule has 4 N–H and O–H groups in total. The van der Waals surface area contributed by atoms with Gasteiger partial charge in [0.25, 0.3) is 5.91 Å². The number of rotatable bonds is 7. The lowest BCUT2D eigenvalue weighted by molar-refractivity contribution is -0.138. The van der Waals surface area contributed by atoms with E-state index in [2.05, 4.69) is 40.9 Å². The molecule has 1 aromatic carbocycles. The molecule has 10 heteroatoms. The van der Waals surface area contributed by atoms with Gasteiger partial charge in [0.05, 0.1) is 0 Å². The van der Waals surface area contributed by atoms with Gasteiger partial charge in [0.15, 0.2) is 11.4 Å². The molecule has 0 bridgehead atoms. The highest BCUT2D eigenvalue weighted by Gasteiger charge is 2.42. The molecule has 0 aliphatic carbocycles. The van der Waals surface area contributed by atoms with Crippen molar-refractivity contribution in [1.82, 2.24) is 30.2 Å². The molecule has 35 heavy (non-hydrogen) atoms. The summed E-state index contributed by atoms with van der Waals surface area (Å²) in [5, 5.41) is 19.1. The number of anilines is 3. The van der Waals surface area contributed by atoms with E-state index in [1.807, 2.05) is 43.3 Å². The van der Waals surface area contributed by atoms with Crippen LogP contribution in [0.25, 0.3) is 11.5 Å². The summed E-state index contributed by atoms with van der Waals surface area (Å²) in [5.41, 5.74) is 1.78. The van der Waals surface area contributed by atoms with Gasteiger partial charge in [0.1, 0.15) is 23.2 Å². The van der Waals surface area contributed by atoms with E-state index in [1.165, 1.54) is 0 Å². The summed E-state index contributed by atoms with van der Waals surface area (Å²) >= 11 is 0. The molecule has 0 radical (unpaired) electrons. The highest BCUT2D eigenvalue weighted by molar-refractivity contribution is 5.98. The molecule has 0 unspecified atom stereocenters. The van der Waals surface area contributed by atoms with Crippen LogP contribution < -0.4 is 16.0 Å². The molecule has 1 aliphatic heterocycles. The maximum absolute atomic E-state index is 12.3. The molecule has 176 valence electrons. The van der Waals surface area contributed by atoms with Gasteiger partial charge in [-0.2, -0.15) is 0 Å². The van der Waals surface area contributed by atoms with Crippen molar-refractivity contribution in [3.8, 4) is 11.5 Å². The summed E-state index contributed by atoms with van der Waals surface area (Å²) in [5.74, 6) is 1.90. The number of hydrogen-bond donors (Lipinski definition) is 4. The van der Waals surface area contributed by atoms with E-state index in [1.54, 1.807) is 30.6 Å². The fraction of sp³-hybridized carbons (Fsp3) is 0.200. The molecule has 1 saturated heterocycles. The van der Waals surface area contributed by atoms with Crippen LogP contribution in [0.4, 0.5) is 17.3 Å². The Balaban J connectivity index is 1.28. The van der Waals surface area contributed by atoms with Crippen LogP contribution in [0.2, 0.25) is 0 Å². The van der Waals surface area contributed by atoms with Crippen molar-refractivity contribution in [3.05, 3.63) is 84.1 Å². The molecule has 0 spiro atoms. The van der Waals surface area contributed by atoms with E-state index in [0.29, 0.717) is 41.1 Å². The Morgan fingerprint density at radius 2 is 1.77 bits per heavy atom. The Hall–Kier alpha value is -4.28. The molecule has 4 aromatic rings. The fourth-order valence-electron chi connectivity index (χ4n) is 3.62. The number of nitrogens with zero attached hydrogens (tertiary/aromatic N) is 5. The van der Waals surface area contributed by atoms with Crippen molar-refractivity contribution in [2.75, 3.05) is 23.7 Å². The van der Waals surface area contributed by atoms with Gasteiger partial charge in [0, 0.05) is 43.3 Å². The quantitative estimate of drug-likeness (QED) is 0.322. The molecule has 4 heterocycles. The summed E-state index contributed by atoms with van der Waals surface area (Å²) in [6.45, 7) is 2.43.